The Bertz CT molecular complexity index is 1540. The lowest BCUT2D eigenvalue weighted by Gasteiger charge is -2.15. The van der Waals surface area contributed by atoms with E-state index in [9.17, 15) is 14.9 Å². The number of benzene rings is 3. The van der Waals surface area contributed by atoms with Crippen molar-refractivity contribution >= 4 is 23.3 Å². The third kappa shape index (κ3) is 5.46. The Morgan fingerprint density at radius 1 is 0.974 bits per heavy atom. The minimum absolute atomic E-state index is 0.0529. The molecule has 0 unspecified atom stereocenters. The van der Waals surface area contributed by atoms with Gasteiger partial charge < -0.3 is 26.8 Å². The van der Waals surface area contributed by atoms with E-state index in [-0.39, 0.29) is 22.9 Å². The second-order valence-electron chi connectivity index (χ2n) is 8.26. The molecule has 0 atom stereocenters. The number of nitriles is 1. The molecular weight excluding hydrogens is 480 g/mol. The Morgan fingerprint density at radius 2 is 1.74 bits per heavy atom. The van der Waals surface area contributed by atoms with Crippen molar-refractivity contribution in [1.82, 2.24) is 10.3 Å². The topological polar surface area (TPSA) is 156 Å². The van der Waals surface area contributed by atoms with Crippen LogP contribution in [-0.4, -0.2) is 37.0 Å². The molecule has 0 spiro atoms. The summed E-state index contributed by atoms with van der Waals surface area (Å²) in [5.41, 5.74) is 15.2. The summed E-state index contributed by atoms with van der Waals surface area (Å²) in [5, 5.41) is 15.7. The first-order valence-corrected chi connectivity index (χ1v) is 11.8. The van der Waals surface area contributed by atoms with Crippen molar-refractivity contribution in [2.75, 3.05) is 31.2 Å². The number of hydrogen-bond donors (Lipinski definition) is 4. The zero-order chi connectivity index (χ0) is 27.1. The third-order valence-electron chi connectivity index (χ3n) is 5.82. The monoisotopic (exact) mass is 506 g/mol. The van der Waals surface area contributed by atoms with Crippen molar-refractivity contribution in [2.24, 2.45) is 5.73 Å². The molecule has 0 radical (unpaired) electrons. The van der Waals surface area contributed by atoms with Gasteiger partial charge in [0.05, 0.1) is 18.4 Å². The van der Waals surface area contributed by atoms with Gasteiger partial charge in [0.2, 0.25) is 0 Å². The first-order valence-electron chi connectivity index (χ1n) is 11.8. The molecule has 9 nitrogen and oxygen atoms in total. The van der Waals surface area contributed by atoms with E-state index in [1.807, 2.05) is 6.07 Å². The molecule has 0 fully saturated rings. The Balaban J connectivity index is 1.87. The highest BCUT2D eigenvalue weighted by atomic mass is 16.5. The number of carbonyl (C=O) groups is 2. The molecule has 9 heteroatoms. The zero-order valence-electron chi connectivity index (χ0n) is 20.7. The molecule has 3 aromatic carbocycles. The van der Waals surface area contributed by atoms with Gasteiger partial charge in [0, 0.05) is 35.5 Å². The summed E-state index contributed by atoms with van der Waals surface area (Å²) in [5.74, 6) is -0.354. The molecule has 0 aliphatic carbocycles. The largest absolute Gasteiger partial charge is 0.496 e. The number of hydrogen-bond acceptors (Lipinski definition) is 7. The van der Waals surface area contributed by atoms with Gasteiger partial charge in [-0.3, -0.25) is 9.59 Å². The maximum absolute atomic E-state index is 13.2. The van der Waals surface area contributed by atoms with Crippen molar-refractivity contribution in [3.05, 3.63) is 95.6 Å². The fourth-order valence-corrected chi connectivity index (χ4v) is 3.97. The number of amides is 2. The average molecular weight is 507 g/mol. The maximum atomic E-state index is 13.2. The van der Waals surface area contributed by atoms with Gasteiger partial charge in [-0.15, -0.1) is 0 Å². The number of ether oxygens (including phenoxy) is 1. The van der Waals surface area contributed by atoms with Crippen LogP contribution in [0.25, 0.3) is 22.4 Å². The normalized spacial score (nSPS) is 10.3. The van der Waals surface area contributed by atoms with Gasteiger partial charge in [-0.25, -0.2) is 4.98 Å². The van der Waals surface area contributed by atoms with Gasteiger partial charge in [0.25, 0.3) is 11.8 Å². The predicted molar refractivity (Wildman–Crippen MR) is 147 cm³/mol. The molecule has 190 valence electrons. The zero-order valence-corrected chi connectivity index (χ0v) is 20.7. The highest BCUT2D eigenvalue weighted by Crippen LogP contribution is 2.35. The fraction of sp³-hybridized carbons (Fsp3) is 0.103. The minimum Gasteiger partial charge on any atom is -0.496 e. The average Bonchev–Trinajstić information content (AvgIpc) is 2.95. The van der Waals surface area contributed by atoms with Crippen molar-refractivity contribution in [3.63, 3.8) is 0 Å². The molecule has 38 heavy (non-hydrogen) atoms. The van der Waals surface area contributed by atoms with E-state index in [1.165, 1.54) is 7.11 Å². The molecule has 6 N–H and O–H groups in total. The first kappa shape index (κ1) is 25.9. The Kier molecular flexibility index (Phi) is 7.96. The van der Waals surface area contributed by atoms with Crippen molar-refractivity contribution in [2.45, 2.75) is 0 Å². The Labute approximate surface area is 220 Å². The highest BCUT2D eigenvalue weighted by molar-refractivity contribution is 6.07. The van der Waals surface area contributed by atoms with Crippen LogP contribution in [0.1, 0.15) is 26.3 Å². The van der Waals surface area contributed by atoms with Gasteiger partial charge in [-0.05, 0) is 42.0 Å². The lowest BCUT2D eigenvalue weighted by Crippen LogP contribution is -2.28. The number of anilines is 2. The highest BCUT2D eigenvalue weighted by Gasteiger charge is 2.20. The second-order valence-corrected chi connectivity index (χ2v) is 8.26. The van der Waals surface area contributed by atoms with Crippen LogP contribution >= 0.6 is 0 Å². The fourth-order valence-electron chi connectivity index (χ4n) is 3.97. The Morgan fingerprint density at radius 3 is 2.47 bits per heavy atom. The summed E-state index contributed by atoms with van der Waals surface area (Å²) in [4.78, 5) is 30.4. The van der Waals surface area contributed by atoms with Crippen molar-refractivity contribution in [3.8, 4) is 34.2 Å². The lowest BCUT2D eigenvalue weighted by atomic mass is 9.96. The van der Waals surface area contributed by atoms with Crippen LogP contribution in [-0.2, 0) is 0 Å². The summed E-state index contributed by atoms with van der Waals surface area (Å²) in [6.07, 6.45) is 0. The number of pyridine rings is 1. The smallest absolute Gasteiger partial charge is 0.260 e. The van der Waals surface area contributed by atoms with Gasteiger partial charge in [0.15, 0.2) is 5.82 Å². The summed E-state index contributed by atoms with van der Waals surface area (Å²) in [6, 6.07) is 24.6. The van der Waals surface area contributed by atoms with Crippen LogP contribution in [0.5, 0.6) is 5.75 Å². The first-order chi connectivity index (χ1) is 18.5. The SMILES string of the molecule is COc1ccccc1C(=O)Nc1nc(-c2ccccc2N)cc(-c2cccc(C(=O)NCCN)c2)c1C#N. The number of aromatic nitrogens is 1. The summed E-state index contributed by atoms with van der Waals surface area (Å²) in [6.45, 7) is 0.643. The number of rotatable bonds is 8. The van der Waals surface area contributed by atoms with Crippen LogP contribution in [0.2, 0.25) is 0 Å². The summed E-state index contributed by atoms with van der Waals surface area (Å²) >= 11 is 0. The van der Waals surface area contributed by atoms with E-state index in [4.69, 9.17) is 16.2 Å². The molecule has 0 saturated heterocycles. The number of nitrogens with two attached hydrogens (primary N) is 2. The van der Waals surface area contributed by atoms with Gasteiger partial charge in [-0.2, -0.15) is 5.26 Å². The van der Waals surface area contributed by atoms with E-state index >= 15 is 0 Å². The van der Waals surface area contributed by atoms with Crippen LogP contribution in [0.4, 0.5) is 11.5 Å². The molecule has 4 aromatic rings. The lowest BCUT2D eigenvalue weighted by molar-refractivity contribution is 0.0953. The van der Waals surface area contributed by atoms with Crippen molar-refractivity contribution < 1.29 is 14.3 Å². The molecule has 2 amide bonds. The number of carbonyl (C=O) groups excluding carboxylic acids is 2. The van der Waals surface area contributed by atoms with Gasteiger partial charge in [0.1, 0.15) is 17.4 Å². The van der Waals surface area contributed by atoms with E-state index in [1.54, 1.807) is 72.8 Å². The van der Waals surface area contributed by atoms with Crippen LogP contribution in [0.3, 0.4) is 0 Å². The molecule has 0 aliphatic heterocycles. The van der Waals surface area contributed by atoms with Gasteiger partial charge in [-0.1, -0.05) is 42.5 Å². The number of para-hydroxylation sites is 2. The second kappa shape index (κ2) is 11.7. The van der Waals surface area contributed by atoms with Crippen LogP contribution in [0.15, 0.2) is 78.9 Å². The Hall–Kier alpha value is -5.20. The van der Waals surface area contributed by atoms with E-state index in [0.29, 0.717) is 52.5 Å². The number of methoxy groups -OCH3 is 1. The predicted octanol–water partition coefficient (Wildman–Crippen LogP) is 3.82. The number of nitrogens with one attached hydrogen (secondary N) is 2. The molecule has 0 saturated carbocycles. The maximum Gasteiger partial charge on any atom is 0.260 e. The third-order valence-corrected chi connectivity index (χ3v) is 5.82. The van der Waals surface area contributed by atoms with Crippen molar-refractivity contribution in [1.29, 1.82) is 5.26 Å². The standard InChI is InChI=1S/C29H26N6O3/c1-38-26-12-5-3-10-21(26)29(37)35-27-23(17-31)22(16-25(34-27)20-9-2-4-11-24(20)32)18-7-6-8-19(15-18)28(36)33-14-13-30/h2-12,15-16H,13-14,30,32H2,1H3,(H,33,36)(H,34,35,37). The molecule has 0 aliphatic rings. The number of nitrogens with zero attached hydrogens (tertiary/aromatic N) is 2. The van der Waals surface area contributed by atoms with E-state index in [0.717, 1.165) is 0 Å². The molecule has 0 bridgehead atoms. The van der Waals surface area contributed by atoms with E-state index < -0.39 is 5.91 Å². The summed E-state index contributed by atoms with van der Waals surface area (Å²) in [7, 11) is 1.47. The molecule has 1 aromatic heterocycles. The van der Waals surface area contributed by atoms with Gasteiger partial charge >= 0.3 is 0 Å². The molecule has 4 rings (SSSR count). The minimum atomic E-state index is -0.495. The van der Waals surface area contributed by atoms with Crippen LogP contribution < -0.4 is 26.8 Å². The number of nitrogen functional groups attached to an aromatic ring is 1. The molecule has 1 heterocycles. The quantitative estimate of drug-likeness (QED) is 0.265. The molecular formula is C29H26N6O3. The summed E-state index contributed by atoms with van der Waals surface area (Å²) < 4.78 is 5.32. The van der Waals surface area contributed by atoms with Crippen LogP contribution in [0, 0.1) is 11.3 Å². The van der Waals surface area contributed by atoms with E-state index in [2.05, 4.69) is 21.7 Å².